The van der Waals surface area contributed by atoms with Gasteiger partial charge in [-0.25, -0.2) is 9.25 Å². The molecule has 1 N–H and O–H groups in total. The molecule has 50 heavy (non-hydrogen) atoms. The molecule has 5 aromatic rings. The largest absolute Gasteiger partial charge is 1.00 e. The van der Waals surface area contributed by atoms with Crippen molar-refractivity contribution in [1.82, 2.24) is 9.78 Å². The fourth-order valence-electron chi connectivity index (χ4n) is 5.85. The summed E-state index contributed by atoms with van der Waals surface area (Å²) in [6.45, 7) is 0.409. The van der Waals surface area contributed by atoms with E-state index in [0.717, 1.165) is 50.4 Å². The standard InChI is InChI=1S/C42H38N4O3.HI/c1-44-28-26-33(27-29-44)15-7-5-3-2-4-6-14-32-22-24-35(25-23-32)46-31-38-37-18-10-11-19-39(37)45(40(47)20-12-13-21-41(48)49)30-34-16-8-9-17-36(34)42(38)43-46;/h2-11,14-19,22-29,31H,12-13,20-21,30H2,1H3;1H. The molecule has 2 aromatic heterocycles. The highest BCUT2D eigenvalue weighted by molar-refractivity contribution is 6.00. The summed E-state index contributed by atoms with van der Waals surface area (Å²) in [6.07, 6.45) is 23.7. The van der Waals surface area contributed by atoms with Gasteiger partial charge in [-0.05, 0) is 47.7 Å². The van der Waals surface area contributed by atoms with Crippen LogP contribution in [0, 0.1) is 0 Å². The maximum atomic E-state index is 13.6. The predicted octanol–water partition coefficient (Wildman–Crippen LogP) is 5.37. The van der Waals surface area contributed by atoms with Crippen LogP contribution in [0.25, 0.3) is 40.2 Å². The Balaban J connectivity index is 0.00000486. The maximum absolute atomic E-state index is 13.6. The lowest BCUT2D eigenvalue weighted by Gasteiger charge is -2.28. The van der Waals surface area contributed by atoms with Gasteiger partial charge in [0.25, 0.3) is 0 Å². The van der Waals surface area contributed by atoms with Gasteiger partial charge in [-0.2, -0.15) is 5.10 Å². The van der Waals surface area contributed by atoms with Crippen LogP contribution in [-0.2, 0) is 23.2 Å². The van der Waals surface area contributed by atoms with Crippen LogP contribution in [0.5, 0.6) is 0 Å². The van der Waals surface area contributed by atoms with Crippen molar-refractivity contribution in [2.45, 2.75) is 32.2 Å². The number of fused-ring (bicyclic) bond motifs is 5. The number of halogens is 1. The topological polar surface area (TPSA) is 79.3 Å². The average Bonchev–Trinajstić information content (AvgIpc) is 3.55. The van der Waals surface area contributed by atoms with E-state index in [0.29, 0.717) is 19.4 Å². The van der Waals surface area contributed by atoms with Gasteiger partial charge < -0.3 is 34.0 Å². The summed E-state index contributed by atoms with van der Waals surface area (Å²) in [4.78, 5) is 26.4. The number of rotatable bonds is 11. The molecule has 0 bridgehead atoms. The number of para-hydroxylation sites is 1. The van der Waals surface area contributed by atoms with Crippen LogP contribution in [0.2, 0.25) is 0 Å². The van der Waals surface area contributed by atoms with E-state index in [-0.39, 0.29) is 42.7 Å². The van der Waals surface area contributed by atoms with E-state index in [9.17, 15) is 9.59 Å². The highest BCUT2D eigenvalue weighted by Gasteiger charge is 2.27. The number of pyridine rings is 1. The van der Waals surface area contributed by atoms with Gasteiger partial charge in [-0.1, -0.05) is 103 Å². The number of carboxylic acid groups (broad SMARTS) is 1. The highest BCUT2D eigenvalue weighted by atomic mass is 127. The van der Waals surface area contributed by atoms with Crippen LogP contribution in [0.4, 0.5) is 5.69 Å². The molecule has 0 saturated carbocycles. The summed E-state index contributed by atoms with van der Waals surface area (Å²) in [5, 5.41) is 14.1. The number of hydrogen-bond donors (Lipinski definition) is 1. The zero-order valence-electron chi connectivity index (χ0n) is 27.9. The highest BCUT2D eigenvalue weighted by Crippen LogP contribution is 2.42. The first-order valence-electron chi connectivity index (χ1n) is 16.5. The number of carbonyl (C=O) groups is 2. The first-order valence-corrected chi connectivity index (χ1v) is 16.5. The van der Waals surface area contributed by atoms with E-state index in [1.54, 1.807) is 0 Å². The second-order valence-electron chi connectivity index (χ2n) is 12.0. The molecule has 0 aliphatic carbocycles. The number of hydrogen-bond acceptors (Lipinski definition) is 3. The number of aromatic nitrogens is 3. The molecule has 3 aromatic carbocycles. The van der Waals surface area contributed by atoms with Crippen molar-refractivity contribution in [1.29, 1.82) is 0 Å². The minimum Gasteiger partial charge on any atom is -1.00 e. The van der Waals surface area contributed by atoms with Crippen molar-refractivity contribution in [3.63, 3.8) is 0 Å². The first kappa shape index (κ1) is 35.9. The zero-order chi connectivity index (χ0) is 34.0. The third kappa shape index (κ3) is 9.00. The Hall–Kier alpha value is -5.35. The van der Waals surface area contributed by atoms with E-state index in [1.165, 1.54) is 0 Å². The van der Waals surface area contributed by atoms with Crippen molar-refractivity contribution in [2.24, 2.45) is 7.05 Å². The number of benzene rings is 3. The van der Waals surface area contributed by atoms with Crippen molar-refractivity contribution in [3.8, 4) is 28.1 Å². The van der Waals surface area contributed by atoms with E-state index in [4.69, 9.17) is 10.2 Å². The number of amides is 1. The molecule has 0 radical (unpaired) electrons. The number of carboxylic acids is 1. The molecule has 0 atom stereocenters. The van der Waals surface area contributed by atoms with Crippen molar-refractivity contribution in [3.05, 3.63) is 157 Å². The Labute approximate surface area is 310 Å². The molecule has 1 amide bonds. The third-order valence-electron chi connectivity index (χ3n) is 8.43. The molecular weight excluding hydrogens is 735 g/mol. The molecular formula is C42H39IN4O3. The van der Waals surface area contributed by atoms with Gasteiger partial charge in [0, 0.05) is 47.9 Å². The van der Waals surface area contributed by atoms with E-state index in [1.807, 2.05) is 119 Å². The smallest absolute Gasteiger partial charge is 0.303 e. The Bertz CT molecular complexity index is 2060. The van der Waals surface area contributed by atoms with Crippen LogP contribution in [0.3, 0.4) is 0 Å². The number of anilines is 1. The van der Waals surface area contributed by atoms with Crippen molar-refractivity contribution < 1.29 is 43.2 Å². The van der Waals surface area contributed by atoms with Gasteiger partial charge in [0.15, 0.2) is 12.4 Å². The van der Waals surface area contributed by atoms with Crippen LogP contribution >= 0.6 is 0 Å². The van der Waals surface area contributed by atoms with Gasteiger partial charge in [-0.15, -0.1) is 0 Å². The summed E-state index contributed by atoms with van der Waals surface area (Å²) < 4.78 is 3.92. The Morgan fingerprint density at radius 2 is 1.34 bits per heavy atom. The molecule has 0 spiro atoms. The minimum atomic E-state index is -0.840. The lowest BCUT2D eigenvalue weighted by Crippen LogP contribution is -3.00. The van der Waals surface area contributed by atoms with Gasteiger partial charge in [0.2, 0.25) is 5.91 Å². The zero-order valence-corrected chi connectivity index (χ0v) is 30.1. The van der Waals surface area contributed by atoms with E-state index < -0.39 is 5.97 Å². The normalized spacial score (nSPS) is 12.5. The van der Waals surface area contributed by atoms with Gasteiger partial charge in [0.1, 0.15) is 12.7 Å². The summed E-state index contributed by atoms with van der Waals surface area (Å²) in [7, 11) is 2.00. The molecule has 8 heteroatoms. The quantitative estimate of drug-likeness (QED) is 0.0849. The minimum absolute atomic E-state index is 0. The Morgan fingerprint density at radius 1 is 0.740 bits per heavy atom. The summed E-state index contributed by atoms with van der Waals surface area (Å²) in [6, 6.07) is 28.4. The fourth-order valence-corrected chi connectivity index (χ4v) is 5.85. The molecule has 1 aliphatic rings. The number of allylic oxidation sites excluding steroid dienone is 6. The molecule has 0 unspecified atom stereocenters. The molecule has 7 nitrogen and oxygen atoms in total. The number of aryl methyl sites for hydroxylation is 1. The number of carbonyl (C=O) groups excluding carboxylic acids is 1. The molecule has 3 heterocycles. The van der Waals surface area contributed by atoms with Crippen molar-refractivity contribution in [2.75, 3.05) is 4.90 Å². The summed E-state index contributed by atoms with van der Waals surface area (Å²) in [5.41, 5.74) is 8.73. The lowest BCUT2D eigenvalue weighted by atomic mass is 9.93. The maximum Gasteiger partial charge on any atom is 0.303 e. The monoisotopic (exact) mass is 774 g/mol. The van der Waals surface area contributed by atoms with E-state index in [2.05, 4.69) is 54.6 Å². The molecule has 252 valence electrons. The Morgan fingerprint density at radius 3 is 2.04 bits per heavy atom. The fraction of sp³-hybridized carbons (Fsp3) is 0.143. The Kier molecular flexibility index (Phi) is 12.5. The van der Waals surface area contributed by atoms with Crippen LogP contribution in [-0.4, -0.2) is 26.8 Å². The molecule has 0 fully saturated rings. The third-order valence-corrected chi connectivity index (χ3v) is 8.43. The van der Waals surface area contributed by atoms with Crippen molar-refractivity contribution >= 4 is 29.7 Å². The predicted molar refractivity (Wildman–Crippen MR) is 196 cm³/mol. The van der Waals surface area contributed by atoms with E-state index >= 15 is 0 Å². The SMILES string of the molecule is C[n+]1ccc(/C=C/C=C/C=C/C=C/c2ccc(-n3cc4c(n3)-c3ccccc3CN(C(=O)CCCCC(=O)O)c3ccccc3-4)cc2)cc1.[I-]. The van der Waals surface area contributed by atoms with Gasteiger partial charge in [0.05, 0.1) is 17.9 Å². The second-order valence-corrected chi connectivity index (χ2v) is 12.0. The van der Waals surface area contributed by atoms with Gasteiger partial charge >= 0.3 is 5.97 Å². The van der Waals surface area contributed by atoms with Crippen LogP contribution in [0.1, 0.15) is 42.4 Å². The number of unbranched alkanes of at least 4 members (excludes halogenated alkanes) is 1. The van der Waals surface area contributed by atoms with Crippen LogP contribution < -0.4 is 33.4 Å². The summed E-state index contributed by atoms with van der Waals surface area (Å²) in [5.74, 6) is -0.862. The number of nitrogens with zero attached hydrogens (tertiary/aromatic N) is 4. The second kappa shape index (κ2) is 17.3. The average molecular weight is 775 g/mol. The molecule has 1 aliphatic heterocycles. The van der Waals surface area contributed by atoms with Crippen LogP contribution in [0.15, 0.2) is 140 Å². The van der Waals surface area contributed by atoms with Gasteiger partial charge in [-0.3, -0.25) is 9.59 Å². The molecule has 0 saturated heterocycles. The lowest BCUT2D eigenvalue weighted by molar-refractivity contribution is -0.671. The molecule has 6 rings (SSSR count). The first-order chi connectivity index (χ1) is 24.0. The number of aliphatic carboxylic acids is 1. The summed E-state index contributed by atoms with van der Waals surface area (Å²) >= 11 is 0.